The number of aryl methyl sites for hydroxylation is 1. The van der Waals surface area contributed by atoms with Crippen molar-refractivity contribution in [2.24, 2.45) is 0 Å². The molecule has 0 aliphatic rings. The second kappa shape index (κ2) is 7.55. The number of hydrogen-bond donors (Lipinski definition) is 1. The Morgan fingerprint density at radius 1 is 1.15 bits per heavy atom. The van der Waals surface area contributed by atoms with E-state index in [0.717, 1.165) is 29.6 Å². The quantitative estimate of drug-likeness (QED) is 0.867. The smallest absolute Gasteiger partial charge is 0.0420 e. The predicted molar refractivity (Wildman–Crippen MR) is 88.0 cm³/mol. The first-order valence-electron chi connectivity index (χ1n) is 7.07. The number of hydrogen-bond acceptors (Lipinski definition) is 2. The van der Waals surface area contributed by atoms with Gasteiger partial charge in [-0.3, -0.25) is 4.98 Å². The summed E-state index contributed by atoms with van der Waals surface area (Å²) in [5.74, 6) is 0. The van der Waals surface area contributed by atoms with Crippen LogP contribution in [0.5, 0.6) is 0 Å². The largest absolute Gasteiger partial charge is 0.314 e. The standard InChI is InChI=1S/C17H21BrN2/c1-3-19-17(10-14-7-5-4-6-13(14)2)11-16-9-8-15(18)12-20-16/h4-9,12,17,19H,3,10-11H2,1-2H3. The Morgan fingerprint density at radius 2 is 1.95 bits per heavy atom. The van der Waals surface area contributed by atoms with E-state index >= 15 is 0 Å². The molecule has 0 aliphatic heterocycles. The van der Waals surface area contributed by atoms with Crippen LogP contribution in [-0.4, -0.2) is 17.6 Å². The Balaban J connectivity index is 2.07. The zero-order valence-corrected chi connectivity index (χ0v) is 13.7. The van der Waals surface area contributed by atoms with Crippen LogP contribution in [-0.2, 0) is 12.8 Å². The lowest BCUT2D eigenvalue weighted by Gasteiger charge is -2.19. The van der Waals surface area contributed by atoms with Crippen LogP contribution in [0.3, 0.4) is 0 Å². The van der Waals surface area contributed by atoms with Crippen molar-refractivity contribution in [3.05, 3.63) is 63.9 Å². The molecule has 106 valence electrons. The Hall–Kier alpha value is -1.19. The molecule has 1 N–H and O–H groups in total. The zero-order valence-electron chi connectivity index (χ0n) is 12.1. The van der Waals surface area contributed by atoms with Gasteiger partial charge in [-0.2, -0.15) is 0 Å². The van der Waals surface area contributed by atoms with Crippen molar-refractivity contribution in [3.8, 4) is 0 Å². The van der Waals surface area contributed by atoms with Gasteiger partial charge in [0.05, 0.1) is 0 Å². The average molecular weight is 333 g/mol. The third kappa shape index (κ3) is 4.43. The first kappa shape index (κ1) is 15.2. The molecule has 1 aromatic heterocycles. The molecule has 0 radical (unpaired) electrons. The molecule has 0 saturated heterocycles. The first-order valence-corrected chi connectivity index (χ1v) is 7.86. The molecule has 0 fully saturated rings. The average Bonchev–Trinajstić information content (AvgIpc) is 2.44. The molecule has 0 saturated carbocycles. The maximum absolute atomic E-state index is 4.48. The Morgan fingerprint density at radius 3 is 2.60 bits per heavy atom. The number of nitrogens with zero attached hydrogens (tertiary/aromatic N) is 1. The number of benzene rings is 1. The third-order valence-corrected chi connectivity index (χ3v) is 3.93. The van der Waals surface area contributed by atoms with Crippen LogP contribution >= 0.6 is 15.9 Å². The molecular formula is C17H21BrN2. The van der Waals surface area contributed by atoms with Crippen molar-refractivity contribution >= 4 is 15.9 Å². The highest BCUT2D eigenvalue weighted by atomic mass is 79.9. The minimum atomic E-state index is 0.426. The number of nitrogens with one attached hydrogen (secondary N) is 1. The van der Waals surface area contributed by atoms with Crippen LogP contribution in [0.15, 0.2) is 47.1 Å². The van der Waals surface area contributed by atoms with Gasteiger partial charge in [-0.05, 0) is 59.1 Å². The van der Waals surface area contributed by atoms with Crippen molar-refractivity contribution in [2.75, 3.05) is 6.54 Å². The van der Waals surface area contributed by atoms with Gasteiger partial charge in [0.1, 0.15) is 0 Å². The molecular weight excluding hydrogens is 312 g/mol. The zero-order chi connectivity index (χ0) is 14.4. The van der Waals surface area contributed by atoms with E-state index in [2.05, 4.69) is 76.5 Å². The summed E-state index contributed by atoms with van der Waals surface area (Å²) in [7, 11) is 0. The van der Waals surface area contributed by atoms with E-state index in [1.54, 1.807) is 0 Å². The minimum absolute atomic E-state index is 0.426. The van der Waals surface area contributed by atoms with E-state index in [4.69, 9.17) is 0 Å². The topological polar surface area (TPSA) is 24.9 Å². The van der Waals surface area contributed by atoms with Crippen LogP contribution < -0.4 is 5.32 Å². The second-order valence-electron chi connectivity index (χ2n) is 5.06. The molecule has 1 atom stereocenters. The number of halogens is 1. The lowest BCUT2D eigenvalue weighted by atomic mass is 9.98. The van der Waals surface area contributed by atoms with E-state index in [9.17, 15) is 0 Å². The van der Waals surface area contributed by atoms with E-state index in [-0.39, 0.29) is 0 Å². The summed E-state index contributed by atoms with van der Waals surface area (Å²) in [4.78, 5) is 4.48. The van der Waals surface area contributed by atoms with Gasteiger partial charge >= 0.3 is 0 Å². The summed E-state index contributed by atoms with van der Waals surface area (Å²) in [6, 6.07) is 13.2. The van der Waals surface area contributed by atoms with Gasteiger partial charge in [0, 0.05) is 28.8 Å². The number of likely N-dealkylation sites (N-methyl/N-ethyl adjacent to an activating group) is 1. The fraction of sp³-hybridized carbons (Fsp3) is 0.353. The van der Waals surface area contributed by atoms with Crippen molar-refractivity contribution in [1.82, 2.24) is 10.3 Å². The summed E-state index contributed by atoms with van der Waals surface area (Å²) in [6.45, 7) is 5.31. The van der Waals surface area contributed by atoms with E-state index in [1.165, 1.54) is 11.1 Å². The summed E-state index contributed by atoms with van der Waals surface area (Å²) in [5, 5.41) is 3.57. The normalized spacial score (nSPS) is 12.3. The molecule has 0 amide bonds. The maximum Gasteiger partial charge on any atom is 0.0420 e. The molecule has 2 rings (SSSR count). The first-order chi connectivity index (χ1) is 9.69. The Bertz CT molecular complexity index is 537. The van der Waals surface area contributed by atoms with Crippen LogP contribution in [0.2, 0.25) is 0 Å². The highest BCUT2D eigenvalue weighted by Gasteiger charge is 2.11. The van der Waals surface area contributed by atoms with Crippen LogP contribution in [0.1, 0.15) is 23.7 Å². The number of aromatic nitrogens is 1. The van der Waals surface area contributed by atoms with Crippen LogP contribution in [0, 0.1) is 6.92 Å². The van der Waals surface area contributed by atoms with Gasteiger partial charge in [-0.25, -0.2) is 0 Å². The molecule has 0 aliphatic carbocycles. The molecule has 2 nitrogen and oxygen atoms in total. The summed E-state index contributed by atoms with van der Waals surface area (Å²) < 4.78 is 1.03. The van der Waals surface area contributed by atoms with Gasteiger partial charge in [0.25, 0.3) is 0 Å². The van der Waals surface area contributed by atoms with Crippen molar-refractivity contribution in [2.45, 2.75) is 32.7 Å². The molecule has 2 aromatic rings. The van der Waals surface area contributed by atoms with Crippen molar-refractivity contribution in [1.29, 1.82) is 0 Å². The van der Waals surface area contributed by atoms with Gasteiger partial charge in [0.2, 0.25) is 0 Å². The number of pyridine rings is 1. The fourth-order valence-electron chi connectivity index (χ4n) is 2.39. The summed E-state index contributed by atoms with van der Waals surface area (Å²) >= 11 is 3.43. The van der Waals surface area contributed by atoms with Crippen LogP contribution in [0.4, 0.5) is 0 Å². The van der Waals surface area contributed by atoms with E-state index in [1.807, 2.05) is 6.20 Å². The number of rotatable bonds is 6. The molecule has 1 heterocycles. The molecule has 1 aromatic carbocycles. The SMILES string of the molecule is CCNC(Cc1ccc(Br)cn1)Cc1ccccc1C. The minimum Gasteiger partial charge on any atom is -0.314 e. The molecule has 3 heteroatoms. The highest BCUT2D eigenvalue weighted by Crippen LogP contribution is 2.13. The van der Waals surface area contributed by atoms with E-state index < -0.39 is 0 Å². The molecule has 20 heavy (non-hydrogen) atoms. The monoisotopic (exact) mass is 332 g/mol. The second-order valence-corrected chi connectivity index (χ2v) is 5.97. The lowest BCUT2D eigenvalue weighted by molar-refractivity contribution is 0.515. The molecule has 0 spiro atoms. The van der Waals surface area contributed by atoms with Crippen LogP contribution in [0.25, 0.3) is 0 Å². The summed E-state index contributed by atoms with van der Waals surface area (Å²) in [6.07, 6.45) is 3.86. The van der Waals surface area contributed by atoms with E-state index in [0.29, 0.717) is 6.04 Å². The Kier molecular flexibility index (Phi) is 5.74. The molecule has 1 unspecified atom stereocenters. The summed E-state index contributed by atoms with van der Waals surface area (Å²) in [5.41, 5.74) is 3.91. The van der Waals surface area contributed by atoms with Gasteiger partial charge < -0.3 is 5.32 Å². The maximum atomic E-state index is 4.48. The Labute approximate surface area is 129 Å². The van der Waals surface area contributed by atoms with Gasteiger partial charge in [-0.15, -0.1) is 0 Å². The highest BCUT2D eigenvalue weighted by molar-refractivity contribution is 9.10. The predicted octanol–water partition coefficient (Wildman–Crippen LogP) is 3.92. The third-order valence-electron chi connectivity index (χ3n) is 3.46. The van der Waals surface area contributed by atoms with Crippen molar-refractivity contribution in [3.63, 3.8) is 0 Å². The van der Waals surface area contributed by atoms with Crippen molar-refractivity contribution < 1.29 is 0 Å². The molecule has 0 bridgehead atoms. The fourth-order valence-corrected chi connectivity index (χ4v) is 2.62. The lowest BCUT2D eigenvalue weighted by Crippen LogP contribution is -2.33. The van der Waals surface area contributed by atoms with Gasteiger partial charge in [0.15, 0.2) is 0 Å². The van der Waals surface area contributed by atoms with Gasteiger partial charge in [-0.1, -0.05) is 31.2 Å².